The highest BCUT2D eigenvalue weighted by molar-refractivity contribution is 5.88. The largest absolute Gasteiger partial charge is 0.469 e. The molecule has 0 saturated carbocycles. The van der Waals surface area contributed by atoms with E-state index in [0.29, 0.717) is 6.54 Å². The van der Waals surface area contributed by atoms with E-state index in [0.717, 1.165) is 6.42 Å². The number of hydrogen-bond acceptors (Lipinski definition) is 6. The minimum absolute atomic E-state index is 0.0896. The quantitative estimate of drug-likeness (QED) is 0.624. The molecule has 0 aliphatic carbocycles. The van der Waals surface area contributed by atoms with Crippen LogP contribution in [0.2, 0.25) is 0 Å². The molecular formula is C14H26N2O5. The molecule has 1 atom stereocenters. The van der Waals surface area contributed by atoms with Crippen molar-refractivity contribution >= 4 is 17.8 Å². The fourth-order valence-electron chi connectivity index (χ4n) is 1.48. The van der Waals surface area contributed by atoms with Crippen molar-refractivity contribution < 1.29 is 23.9 Å². The second-order valence-electron chi connectivity index (χ2n) is 5.89. The third-order valence-corrected chi connectivity index (χ3v) is 2.82. The number of carbonyl (C=O) groups excluding carboxylic acids is 3. The summed E-state index contributed by atoms with van der Waals surface area (Å²) in [7, 11) is 2.50. The van der Waals surface area contributed by atoms with E-state index in [-0.39, 0.29) is 18.4 Å². The number of methoxy groups -OCH3 is 2. The first kappa shape index (κ1) is 19.4. The molecule has 0 aromatic heterocycles. The summed E-state index contributed by atoms with van der Waals surface area (Å²) in [6.45, 7) is 6.61. The second kappa shape index (κ2) is 9.33. The van der Waals surface area contributed by atoms with Crippen molar-refractivity contribution in [2.24, 2.45) is 5.41 Å². The van der Waals surface area contributed by atoms with Crippen molar-refractivity contribution in [2.45, 2.75) is 39.7 Å². The maximum atomic E-state index is 12.0. The summed E-state index contributed by atoms with van der Waals surface area (Å²) in [5, 5.41) is 5.44. The second-order valence-corrected chi connectivity index (χ2v) is 5.89. The molecule has 0 aromatic rings. The van der Waals surface area contributed by atoms with Crippen LogP contribution in [0.5, 0.6) is 0 Å². The van der Waals surface area contributed by atoms with Crippen LogP contribution in [0.1, 0.15) is 33.6 Å². The molecular weight excluding hydrogens is 276 g/mol. The lowest BCUT2D eigenvalue weighted by atomic mass is 9.92. The van der Waals surface area contributed by atoms with Crippen LogP contribution >= 0.6 is 0 Å². The zero-order chi connectivity index (χ0) is 16.5. The van der Waals surface area contributed by atoms with E-state index < -0.39 is 23.9 Å². The van der Waals surface area contributed by atoms with Gasteiger partial charge in [-0.05, 0) is 18.4 Å². The number of hydrogen-bond donors (Lipinski definition) is 2. The predicted molar refractivity (Wildman–Crippen MR) is 77.5 cm³/mol. The van der Waals surface area contributed by atoms with Crippen molar-refractivity contribution in [1.29, 1.82) is 0 Å². The zero-order valence-corrected chi connectivity index (χ0v) is 13.4. The maximum Gasteiger partial charge on any atom is 0.325 e. The predicted octanol–water partition coefficient (Wildman–Crippen LogP) is 0.233. The fourth-order valence-corrected chi connectivity index (χ4v) is 1.48. The number of rotatable bonds is 8. The van der Waals surface area contributed by atoms with Crippen LogP contribution in [0.3, 0.4) is 0 Å². The van der Waals surface area contributed by atoms with Crippen LogP contribution in [-0.4, -0.2) is 51.2 Å². The van der Waals surface area contributed by atoms with Crippen LogP contribution in [0.15, 0.2) is 0 Å². The lowest BCUT2D eigenvalue weighted by molar-refractivity contribution is -0.143. The Kier molecular flexibility index (Phi) is 8.61. The molecule has 122 valence electrons. The summed E-state index contributed by atoms with van der Waals surface area (Å²) in [5.41, 5.74) is 0.116. The Morgan fingerprint density at radius 1 is 1.05 bits per heavy atom. The van der Waals surface area contributed by atoms with E-state index in [9.17, 15) is 14.4 Å². The minimum atomic E-state index is -0.732. The Balaban J connectivity index is 4.46. The lowest BCUT2D eigenvalue weighted by Gasteiger charge is -2.21. The van der Waals surface area contributed by atoms with Gasteiger partial charge in [0.25, 0.3) is 0 Å². The van der Waals surface area contributed by atoms with Gasteiger partial charge in [-0.3, -0.25) is 14.4 Å². The lowest BCUT2D eigenvalue weighted by Crippen LogP contribution is -2.47. The molecule has 0 aliphatic rings. The SMILES string of the molecule is COC(=O)CNC(=O)C(CC(=O)OC)NCCC(C)(C)C. The summed E-state index contributed by atoms with van der Waals surface area (Å²) in [6.07, 6.45) is 0.753. The minimum Gasteiger partial charge on any atom is -0.469 e. The first-order valence-electron chi connectivity index (χ1n) is 6.84. The standard InChI is InChI=1S/C14H26N2O5/c1-14(2,3)6-7-15-10(8-11(17)20-4)13(19)16-9-12(18)21-5/h10,15H,6-9H2,1-5H3,(H,16,19). The monoisotopic (exact) mass is 302 g/mol. The van der Waals surface area contributed by atoms with Crippen LogP contribution in [0, 0.1) is 5.41 Å². The summed E-state index contributed by atoms with van der Waals surface area (Å²) < 4.78 is 9.02. The van der Waals surface area contributed by atoms with E-state index in [1.807, 2.05) is 0 Å². The van der Waals surface area contributed by atoms with Crippen molar-refractivity contribution in [3.8, 4) is 0 Å². The van der Waals surface area contributed by atoms with Crippen LogP contribution in [0.4, 0.5) is 0 Å². The molecule has 0 aliphatic heterocycles. The van der Waals surface area contributed by atoms with Crippen LogP contribution < -0.4 is 10.6 Å². The fraction of sp³-hybridized carbons (Fsp3) is 0.786. The van der Waals surface area contributed by atoms with Gasteiger partial charge in [-0.2, -0.15) is 0 Å². The highest BCUT2D eigenvalue weighted by atomic mass is 16.5. The molecule has 0 bridgehead atoms. The molecule has 0 saturated heterocycles. The highest BCUT2D eigenvalue weighted by Gasteiger charge is 2.23. The summed E-state index contributed by atoms with van der Waals surface area (Å²) in [6, 6.07) is -0.732. The summed E-state index contributed by atoms with van der Waals surface area (Å²) in [5.74, 6) is -1.47. The molecule has 1 unspecified atom stereocenters. The van der Waals surface area contributed by atoms with Crippen LogP contribution in [0.25, 0.3) is 0 Å². The van der Waals surface area contributed by atoms with Gasteiger partial charge in [-0.1, -0.05) is 20.8 Å². The molecule has 7 heteroatoms. The Bertz CT molecular complexity index is 363. The molecule has 2 N–H and O–H groups in total. The topological polar surface area (TPSA) is 93.7 Å². The van der Waals surface area contributed by atoms with Gasteiger partial charge in [0.1, 0.15) is 6.54 Å². The number of esters is 2. The number of amides is 1. The maximum absolute atomic E-state index is 12.0. The first-order chi connectivity index (χ1) is 9.69. The molecule has 21 heavy (non-hydrogen) atoms. The number of carbonyl (C=O) groups is 3. The number of ether oxygens (including phenoxy) is 2. The molecule has 1 amide bonds. The van der Waals surface area contributed by atoms with E-state index in [1.165, 1.54) is 14.2 Å². The first-order valence-corrected chi connectivity index (χ1v) is 6.84. The molecule has 0 radical (unpaired) electrons. The van der Waals surface area contributed by atoms with Gasteiger partial charge >= 0.3 is 11.9 Å². The van der Waals surface area contributed by atoms with E-state index in [4.69, 9.17) is 0 Å². The molecule has 0 fully saturated rings. The average Bonchev–Trinajstić information content (AvgIpc) is 2.41. The van der Waals surface area contributed by atoms with E-state index in [1.54, 1.807) is 0 Å². The summed E-state index contributed by atoms with van der Waals surface area (Å²) >= 11 is 0. The normalized spacial score (nSPS) is 12.4. The zero-order valence-electron chi connectivity index (χ0n) is 13.4. The molecule has 0 aromatic carbocycles. The molecule has 7 nitrogen and oxygen atoms in total. The van der Waals surface area contributed by atoms with Gasteiger partial charge in [0, 0.05) is 0 Å². The summed E-state index contributed by atoms with van der Waals surface area (Å²) in [4.78, 5) is 34.3. The van der Waals surface area contributed by atoms with Crippen LogP contribution in [-0.2, 0) is 23.9 Å². The van der Waals surface area contributed by atoms with E-state index in [2.05, 4.69) is 40.9 Å². The van der Waals surface area contributed by atoms with Crippen molar-refractivity contribution in [3.05, 3.63) is 0 Å². The van der Waals surface area contributed by atoms with Gasteiger partial charge in [-0.15, -0.1) is 0 Å². The van der Waals surface area contributed by atoms with Crippen molar-refractivity contribution in [1.82, 2.24) is 10.6 Å². The molecule has 0 spiro atoms. The molecule has 0 rings (SSSR count). The van der Waals surface area contributed by atoms with Crippen molar-refractivity contribution in [3.63, 3.8) is 0 Å². The third kappa shape index (κ3) is 9.84. The van der Waals surface area contributed by atoms with Gasteiger partial charge in [0.15, 0.2) is 0 Å². The Labute approximate surface area is 125 Å². The van der Waals surface area contributed by atoms with Gasteiger partial charge in [-0.25, -0.2) is 0 Å². The molecule has 0 heterocycles. The van der Waals surface area contributed by atoms with Gasteiger partial charge in [0.2, 0.25) is 5.91 Å². The Hall–Kier alpha value is -1.63. The highest BCUT2D eigenvalue weighted by Crippen LogP contribution is 2.17. The smallest absolute Gasteiger partial charge is 0.325 e. The number of nitrogens with one attached hydrogen (secondary N) is 2. The van der Waals surface area contributed by atoms with E-state index >= 15 is 0 Å². The third-order valence-electron chi connectivity index (χ3n) is 2.82. The van der Waals surface area contributed by atoms with Crippen molar-refractivity contribution in [2.75, 3.05) is 27.3 Å². The van der Waals surface area contributed by atoms with Gasteiger partial charge in [0.05, 0.1) is 26.7 Å². The van der Waals surface area contributed by atoms with Gasteiger partial charge < -0.3 is 20.1 Å². The average molecular weight is 302 g/mol. The Morgan fingerprint density at radius 2 is 1.62 bits per heavy atom. The Morgan fingerprint density at radius 3 is 2.10 bits per heavy atom.